The molecule has 2 aromatic carbocycles. The number of para-hydroxylation sites is 2. The second-order valence-electron chi connectivity index (χ2n) is 8.21. The molecule has 3 heterocycles. The van der Waals surface area contributed by atoms with E-state index < -0.39 is 11.7 Å². The minimum Gasteiger partial charge on any atom is -0.316 e. The summed E-state index contributed by atoms with van der Waals surface area (Å²) >= 11 is 0. The summed E-state index contributed by atoms with van der Waals surface area (Å²) in [5.41, 5.74) is 3.90. The topological polar surface area (TPSA) is 19.4 Å². The molecule has 0 amide bonds. The second kappa shape index (κ2) is 6.49. The average molecular weight is 409 g/mol. The minimum atomic E-state index is -4.45. The Morgan fingerprint density at radius 1 is 0.867 bits per heavy atom. The van der Waals surface area contributed by atoms with Crippen LogP contribution in [0.25, 0.3) is 0 Å². The van der Waals surface area contributed by atoms with Crippen molar-refractivity contribution in [1.82, 2.24) is 4.98 Å². The normalized spacial score (nSPS) is 22.5. The van der Waals surface area contributed by atoms with E-state index in [1.807, 2.05) is 54.3 Å². The third-order valence-electron chi connectivity index (χ3n) is 6.51. The van der Waals surface area contributed by atoms with E-state index in [2.05, 4.69) is 29.8 Å². The zero-order chi connectivity index (χ0) is 21.2. The molecule has 1 aromatic heterocycles. The SMILES string of the molecule is Cc1ccccc1N1c2cc(C(F)(F)F)cnc2N2c3ccccc3C(C)C(C)C12. The average Bonchev–Trinajstić information content (AvgIpc) is 3.06. The lowest BCUT2D eigenvalue weighted by Gasteiger charge is -2.44. The summed E-state index contributed by atoms with van der Waals surface area (Å²) in [6.45, 7) is 6.35. The largest absolute Gasteiger partial charge is 0.417 e. The van der Waals surface area contributed by atoms with Crippen LogP contribution in [0.2, 0.25) is 0 Å². The first kappa shape index (κ1) is 19.0. The third kappa shape index (κ3) is 2.62. The van der Waals surface area contributed by atoms with Gasteiger partial charge in [-0.2, -0.15) is 13.2 Å². The molecule has 3 aromatic rings. The Hall–Kier alpha value is -3.02. The van der Waals surface area contributed by atoms with Crippen LogP contribution in [-0.2, 0) is 6.18 Å². The number of halogens is 3. The fourth-order valence-electron chi connectivity index (χ4n) is 4.81. The Labute approximate surface area is 173 Å². The Kier molecular flexibility index (Phi) is 4.10. The fourth-order valence-corrected chi connectivity index (χ4v) is 4.81. The Bertz CT molecular complexity index is 1120. The molecule has 0 fully saturated rings. The summed E-state index contributed by atoms with van der Waals surface area (Å²) < 4.78 is 40.6. The van der Waals surface area contributed by atoms with Crippen LogP contribution in [0.3, 0.4) is 0 Å². The van der Waals surface area contributed by atoms with Gasteiger partial charge in [-0.1, -0.05) is 50.2 Å². The van der Waals surface area contributed by atoms with Gasteiger partial charge in [-0.3, -0.25) is 0 Å². The molecule has 30 heavy (non-hydrogen) atoms. The quantitative estimate of drug-likeness (QED) is 0.442. The third-order valence-corrected chi connectivity index (χ3v) is 6.51. The van der Waals surface area contributed by atoms with Crippen molar-refractivity contribution in [2.75, 3.05) is 9.80 Å². The molecular formula is C24H22F3N3. The van der Waals surface area contributed by atoms with Crippen molar-refractivity contribution in [3.8, 4) is 0 Å². The number of alkyl halides is 3. The molecule has 3 unspecified atom stereocenters. The Morgan fingerprint density at radius 2 is 1.53 bits per heavy atom. The molecular weight excluding hydrogens is 387 g/mol. The van der Waals surface area contributed by atoms with E-state index in [0.717, 1.165) is 23.1 Å². The maximum atomic E-state index is 13.5. The van der Waals surface area contributed by atoms with Crippen molar-refractivity contribution in [2.24, 2.45) is 5.92 Å². The van der Waals surface area contributed by atoms with Gasteiger partial charge in [0, 0.05) is 23.5 Å². The molecule has 0 radical (unpaired) electrons. The summed E-state index contributed by atoms with van der Waals surface area (Å²) in [5, 5.41) is 0. The summed E-state index contributed by atoms with van der Waals surface area (Å²) in [6.07, 6.45) is -3.65. The van der Waals surface area contributed by atoms with Gasteiger partial charge in [-0.15, -0.1) is 0 Å². The van der Waals surface area contributed by atoms with Gasteiger partial charge >= 0.3 is 6.18 Å². The van der Waals surface area contributed by atoms with E-state index in [1.165, 1.54) is 11.6 Å². The van der Waals surface area contributed by atoms with Gasteiger partial charge in [0.15, 0.2) is 5.82 Å². The Morgan fingerprint density at radius 3 is 2.23 bits per heavy atom. The molecule has 154 valence electrons. The number of aromatic nitrogens is 1. The van der Waals surface area contributed by atoms with Crippen LogP contribution in [0.15, 0.2) is 60.8 Å². The molecule has 0 N–H and O–H groups in total. The van der Waals surface area contributed by atoms with Crippen LogP contribution < -0.4 is 9.80 Å². The highest BCUT2D eigenvalue weighted by Gasteiger charge is 2.48. The molecule has 0 spiro atoms. The number of pyridine rings is 1. The molecule has 3 nitrogen and oxygen atoms in total. The molecule has 3 atom stereocenters. The minimum absolute atomic E-state index is 0.151. The van der Waals surface area contributed by atoms with Gasteiger partial charge < -0.3 is 9.80 Å². The van der Waals surface area contributed by atoms with E-state index >= 15 is 0 Å². The zero-order valence-electron chi connectivity index (χ0n) is 17.0. The second-order valence-corrected chi connectivity index (χ2v) is 8.21. The van der Waals surface area contributed by atoms with E-state index in [0.29, 0.717) is 11.5 Å². The van der Waals surface area contributed by atoms with Crippen LogP contribution >= 0.6 is 0 Å². The summed E-state index contributed by atoms with van der Waals surface area (Å²) in [7, 11) is 0. The maximum absolute atomic E-state index is 13.5. The molecule has 2 aliphatic rings. The van der Waals surface area contributed by atoms with Crippen LogP contribution in [-0.4, -0.2) is 11.1 Å². The lowest BCUT2D eigenvalue weighted by molar-refractivity contribution is -0.137. The van der Waals surface area contributed by atoms with Crippen molar-refractivity contribution >= 4 is 22.9 Å². The van der Waals surface area contributed by atoms with Crippen LogP contribution in [0, 0.1) is 12.8 Å². The van der Waals surface area contributed by atoms with Gasteiger partial charge in [0.25, 0.3) is 0 Å². The van der Waals surface area contributed by atoms with E-state index in [-0.39, 0.29) is 18.0 Å². The highest BCUT2D eigenvalue weighted by Crippen LogP contribution is 2.56. The summed E-state index contributed by atoms with van der Waals surface area (Å²) in [6, 6.07) is 17.2. The monoisotopic (exact) mass is 409 g/mol. The number of rotatable bonds is 1. The summed E-state index contributed by atoms with van der Waals surface area (Å²) in [4.78, 5) is 8.50. The zero-order valence-corrected chi connectivity index (χ0v) is 17.0. The van der Waals surface area contributed by atoms with Gasteiger partial charge in [-0.25, -0.2) is 4.98 Å². The first-order valence-corrected chi connectivity index (χ1v) is 10.1. The first-order valence-electron chi connectivity index (χ1n) is 10.1. The standard InChI is InChI=1S/C24H22F3N3/c1-14-8-4-6-10-19(14)29-21-12-17(24(25,26)27)13-28-22(21)30-20-11-7-5-9-18(20)15(2)16(3)23(29)30/h4-13,15-16,23H,1-3H3. The predicted octanol–water partition coefficient (Wildman–Crippen LogP) is 6.78. The highest BCUT2D eigenvalue weighted by molar-refractivity contribution is 5.88. The number of anilines is 4. The highest BCUT2D eigenvalue weighted by atomic mass is 19.4. The molecule has 6 heteroatoms. The van der Waals surface area contributed by atoms with Crippen molar-refractivity contribution in [1.29, 1.82) is 0 Å². The van der Waals surface area contributed by atoms with Gasteiger partial charge in [-0.05, 0) is 42.2 Å². The fraction of sp³-hybridized carbons (Fsp3) is 0.292. The first-order chi connectivity index (χ1) is 14.3. The van der Waals surface area contributed by atoms with Gasteiger partial charge in [0.2, 0.25) is 0 Å². The van der Waals surface area contributed by atoms with E-state index in [9.17, 15) is 13.2 Å². The molecule has 2 aliphatic heterocycles. The smallest absolute Gasteiger partial charge is 0.316 e. The van der Waals surface area contributed by atoms with Gasteiger partial charge in [0.1, 0.15) is 6.17 Å². The van der Waals surface area contributed by atoms with Crippen LogP contribution in [0.1, 0.15) is 36.5 Å². The van der Waals surface area contributed by atoms with Crippen molar-refractivity contribution in [3.05, 3.63) is 77.5 Å². The van der Waals surface area contributed by atoms with E-state index in [1.54, 1.807) is 0 Å². The predicted molar refractivity (Wildman–Crippen MR) is 113 cm³/mol. The van der Waals surface area contributed by atoms with Crippen LogP contribution in [0.4, 0.5) is 36.1 Å². The Balaban J connectivity index is 1.80. The molecule has 0 aliphatic carbocycles. The number of benzene rings is 2. The molecule has 0 saturated heterocycles. The van der Waals surface area contributed by atoms with Crippen LogP contribution in [0.5, 0.6) is 0 Å². The van der Waals surface area contributed by atoms with Crippen molar-refractivity contribution < 1.29 is 13.2 Å². The lowest BCUT2D eigenvalue weighted by Crippen LogP contribution is -2.48. The van der Waals surface area contributed by atoms with E-state index in [4.69, 9.17) is 0 Å². The number of nitrogens with zero attached hydrogens (tertiary/aromatic N) is 3. The number of fused-ring (bicyclic) bond motifs is 5. The molecule has 0 saturated carbocycles. The number of hydrogen-bond donors (Lipinski definition) is 0. The number of hydrogen-bond acceptors (Lipinski definition) is 3. The summed E-state index contributed by atoms with van der Waals surface area (Å²) in [5.74, 6) is 0.996. The van der Waals surface area contributed by atoms with Gasteiger partial charge in [0.05, 0.1) is 11.3 Å². The molecule has 5 rings (SSSR count). The van der Waals surface area contributed by atoms with Crippen molar-refractivity contribution in [3.63, 3.8) is 0 Å². The molecule has 0 bridgehead atoms. The lowest BCUT2D eigenvalue weighted by atomic mass is 9.81. The number of aryl methyl sites for hydroxylation is 1. The maximum Gasteiger partial charge on any atom is 0.417 e. The van der Waals surface area contributed by atoms with Crippen molar-refractivity contribution in [2.45, 2.75) is 39.0 Å².